The molecule has 6 nitrogen and oxygen atoms in total. The molecule has 25 heavy (non-hydrogen) atoms. The van der Waals surface area contributed by atoms with Crippen LogP contribution < -0.4 is 10.6 Å². The monoisotopic (exact) mass is 335 g/mol. The fourth-order valence-corrected chi connectivity index (χ4v) is 2.67. The van der Waals surface area contributed by atoms with E-state index in [0.717, 1.165) is 17.1 Å². The van der Waals surface area contributed by atoms with E-state index in [1.165, 1.54) is 0 Å². The Morgan fingerprint density at radius 3 is 2.44 bits per heavy atom. The molecule has 2 N–H and O–H groups in total. The van der Waals surface area contributed by atoms with E-state index in [9.17, 15) is 4.79 Å². The molecular weight excluding hydrogens is 314 g/mol. The molecule has 3 aromatic rings. The highest BCUT2D eigenvalue weighted by molar-refractivity contribution is 5.76. The predicted octanol–water partition coefficient (Wildman–Crippen LogP) is 2.23. The molecule has 0 saturated carbocycles. The number of nitrogens with one attached hydrogen (secondary N) is 2. The number of carbonyl (C=O) groups excluding carboxylic acids is 1. The maximum absolute atomic E-state index is 11.9. The number of nitrogens with zero attached hydrogens (tertiary/aromatic N) is 3. The summed E-state index contributed by atoms with van der Waals surface area (Å²) in [5.41, 5.74) is 2.02. The number of hydrogen-bond donors (Lipinski definition) is 2. The second-order valence-corrected chi connectivity index (χ2v) is 5.65. The van der Waals surface area contributed by atoms with E-state index in [0.29, 0.717) is 13.0 Å². The van der Waals surface area contributed by atoms with Crippen LogP contribution in [0.15, 0.2) is 67.0 Å². The molecule has 0 radical (unpaired) electrons. The summed E-state index contributed by atoms with van der Waals surface area (Å²) in [5, 5.41) is 10.4. The first-order valence-corrected chi connectivity index (χ1v) is 8.21. The maximum atomic E-state index is 11.9. The van der Waals surface area contributed by atoms with E-state index < -0.39 is 0 Å². The Kier molecular flexibility index (Phi) is 5.53. The predicted molar refractivity (Wildman–Crippen MR) is 96.1 cm³/mol. The van der Waals surface area contributed by atoms with Crippen LogP contribution in [0.3, 0.4) is 0 Å². The van der Waals surface area contributed by atoms with Gasteiger partial charge in [-0.05, 0) is 17.7 Å². The second-order valence-electron chi connectivity index (χ2n) is 5.65. The summed E-state index contributed by atoms with van der Waals surface area (Å²) in [4.78, 5) is 16.2. The lowest BCUT2D eigenvalue weighted by molar-refractivity contribution is -0.121. The highest BCUT2D eigenvalue weighted by Crippen LogP contribution is 2.17. The zero-order valence-corrected chi connectivity index (χ0v) is 14.1. The van der Waals surface area contributed by atoms with Gasteiger partial charge in [0.25, 0.3) is 0 Å². The van der Waals surface area contributed by atoms with Crippen molar-refractivity contribution in [1.29, 1.82) is 0 Å². The van der Waals surface area contributed by atoms with Crippen molar-refractivity contribution in [1.82, 2.24) is 25.4 Å². The van der Waals surface area contributed by atoms with Gasteiger partial charge in [0.2, 0.25) is 5.91 Å². The van der Waals surface area contributed by atoms with Crippen molar-refractivity contribution in [2.45, 2.75) is 19.0 Å². The normalized spacial score (nSPS) is 11.9. The number of amides is 1. The largest absolute Gasteiger partial charge is 0.359 e. The molecule has 0 unspecified atom stereocenters. The van der Waals surface area contributed by atoms with Crippen LogP contribution in [0.2, 0.25) is 0 Å². The lowest BCUT2D eigenvalue weighted by atomic mass is 10.0. The van der Waals surface area contributed by atoms with Gasteiger partial charge in [0.05, 0.1) is 12.2 Å². The number of benzene rings is 2. The van der Waals surface area contributed by atoms with Crippen LogP contribution >= 0.6 is 0 Å². The molecule has 6 heteroatoms. The minimum atomic E-state index is -0.0953. The minimum Gasteiger partial charge on any atom is -0.359 e. The third kappa shape index (κ3) is 4.30. The third-order valence-electron chi connectivity index (χ3n) is 4.00. The van der Waals surface area contributed by atoms with Crippen molar-refractivity contribution < 1.29 is 4.79 Å². The van der Waals surface area contributed by atoms with E-state index >= 15 is 0 Å². The van der Waals surface area contributed by atoms with E-state index in [-0.39, 0.29) is 11.9 Å². The highest BCUT2D eigenvalue weighted by Gasteiger charge is 2.16. The van der Waals surface area contributed by atoms with E-state index in [1.807, 2.05) is 60.7 Å². The van der Waals surface area contributed by atoms with Gasteiger partial charge in [-0.1, -0.05) is 48.5 Å². The van der Waals surface area contributed by atoms with Crippen LogP contribution in [-0.2, 0) is 11.3 Å². The van der Waals surface area contributed by atoms with Crippen LogP contribution in [0.1, 0.15) is 23.9 Å². The van der Waals surface area contributed by atoms with Gasteiger partial charge in [0.1, 0.15) is 12.2 Å². The summed E-state index contributed by atoms with van der Waals surface area (Å²) in [5.74, 6) is 0.787. The van der Waals surface area contributed by atoms with Crippen molar-refractivity contribution in [3.05, 3.63) is 78.4 Å². The van der Waals surface area contributed by atoms with Crippen molar-refractivity contribution in [2.24, 2.45) is 0 Å². The molecule has 1 amide bonds. The van der Waals surface area contributed by atoms with Gasteiger partial charge in [0.15, 0.2) is 0 Å². The van der Waals surface area contributed by atoms with Gasteiger partial charge >= 0.3 is 0 Å². The first-order valence-electron chi connectivity index (χ1n) is 8.21. The molecule has 128 valence electrons. The zero-order chi connectivity index (χ0) is 17.5. The van der Waals surface area contributed by atoms with Crippen molar-refractivity contribution in [2.75, 3.05) is 7.05 Å². The molecule has 0 aliphatic rings. The summed E-state index contributed by atoms with van der Waals surface area (Å²) < 4.78 is 1.80. The average Bonchev–Trinajstić information content (AvgIpc) is 3.15. The lowest BCUT2D eigenvalue weighted by Crippen LogP contribution is -2.29. The fraction of sp³-hybridized carbons (Fsp3) is 0.211. The second kappa shape index (κ2) is 8.21. The van der Waals surface area contributed by atoms with Gasteiger partial charge in [-0.3, -0.25) is 4.79 Å². The van der Waals surface area contributed by atoms with Crippen LogP contribution in [-0.4, -0.2) is 27.7 Å². The number of rotatable bonds is 7. The smallest absolute Gasteiger partial charge is 0.221 e. The summed E-state index contributed by atoms with van der Waals surface area (Å²) >= 11 is 0. The average molecular weight is 335 g/mol. The summed E-state index contributed by atoms with van der Waals surface area (Å²) in [7, 11) is 1.65. The Hall–Kier alpha value is -2.99. The van der Waals surface area contributed by atoms with Crippen molar-refractivity contribution in [3.63, 3.8) is 0 Å². The van der Waals surface area contributed by atoms with Crippen molar-refractivity contribution >= 4 is 5.91 Å². The van der Waals surface area contributed by atoms with Crippen LogP contribution in [0.5, 0.6) is 0 Å². The van der Waals surface area contributed by atoms with E-state index in [1.54, 1.807) is 18.1 Å². The molecule has 1 heterocycles. The maximum Gasteiger partial charge on any atom is 0.221 e. The molecule has 0 saturated heterocycles. The van der Waals surface area contributed by atoms with E-state index in [4.69, 9.17) is 0 Å². The number of hydrogen-bond acceptors (Lipinski definition) is 4. The quantitative estimate of drug-likeness (QED) is 0.694. The molecule has 0 aliphatic carbocycles. The van der Waals surface area contributed by atoms with Gasteiger partial charge in [-0.2, -0.15) is 5.10 Å². The topological polar surface area (TPSA) is 71.8 Å². The molecule has 0 spiro atoms. The first-order chi connectivity index (χ1) is 12.3. The van der Waals surface area contributed by atoms with Crippen molar-refractivity contribution in [3.8, 4) is 5.69 Å². The van der Waals surface area contributed by atoms with Gasteiger partial charge in [-0.15, -0.1) is 0 Å². The van der Waals surface area contributed by atoms with Gasteiger partial charge in [-0.25, -0.2) is 9.67 Å². The minimum absolute atomic E-state index is 0.00845. The Morgan fingerprint density at radius 2 is 1.76 bits per heavy atom. The zero-order valence-electron chi connectivity index (χ0n) is 14.1. The van der Waals surface area contributed by atoms with Crippen LogP contribution in [0.4, 0.5) is 0 Å². The molecule has 0 fully saturated rings. The molecule has 0 aliphatic heterocycles. The third-order valence-corrected chi connectivity index (χ3v) is 4.00. The molecular formula is C19H21N5O. The molecule has 3 rings (SSSR count). The number of carbonyl (C=O) groups is 1. The lowest BCUT2D eigenvalue weighted by Gasteiger charge is -2.18. The van der Waals surface area contributed by atoms with E-state index in [2.05, 4.69) is 20.7 Å². The number of aromatic nitrogens is 3. The van der Waals surface area contributed by atoms with Gasteiger partial charge < -0.3 is 10.6 Å². The summed E-state index contributed by atoms with van der Waals surface area (Å²) in [6, 6.07) is 19.7. The SMILES string of the molecule is CNC(=O)C[C@H](NCc1ncnn1-c1ccccc1)c1ccccc1. The fourth-order valence-electron chi connectivity index (χ4n) is 2.67. The highest BCUT2D eigenvalue weighted by atomic mass is 16.1. The molecule has 1 aromatic heterocycles. The Bertz CT molecular complexity index is 801. The first kappa shape index (κ1) is 16.9. The standard InChI is InChI=1S/C19H21N5O/c1-20-19(25)12-17(15-8-4-2-5-9-15)21-13-18-22-14-23-24(18)16-10-6-3-7-11-16/h2-11,14,17,21H,12-13H2,1H3,(H,20,25)/t17-/m0/s1. The van der Waals surface area contributed by atoms with Crippen LogP contribution in [0.25, 0.3) is 5.69 Å². The Labute approximate surface area is 146 Å². The Morgan fingerprint density at radius 1 is 1.08 bits per heavy atom. The Balaban J connectivity index is 1.76. The molecule has 2 aromatic carbocycles. The molecule has 0 bridgehead atoms. The van der Waals surface area contributed by atoms with Gasteiger partial charge in [0, 0.05) is 19.5 Å². The number of para-hydroxylation sites is 1. The summed E-state index contributed by atoms with van der Waals surface area (Å²) in [6.07, 6.45) is 1.90. The van der Waals surface area contributed by atoms with Crippen LogP contribution in [0, 0.1) is 0 Å². The summed E-state index contributed by atoms with van der Waals surface area (Å²) in [6.45, 7) is 0.505. The molecule has 1 atom stereocenters.